The Labute approximate surface area is 131 Å². The van der Waals surface area contributed by atoms with E-state index < -0.39 is 12.2 Å². The summed E-state index contributed by atoms with van der Waals surface area (Å²) in [7, 11) is 0. The number of hydrogen-bond acceptors (Lipinski definition) is 5. The molecular weight excluding hydrogens is 304 g/mol. The minimum Gasteiger partial charge on any atom is -0.467 e. The van der Waals surface area contributed by atoms with Crippen molar-refractivity contribution in [1.82, 2.24) is 9.97 Å². The van der Waals surface area contributed by atoms with Gasteiger partial charge >= 0.3 is 0 Å². The van der Waals surface area contributed by atoms with Crippen LogP contribution in [0.3, 0.4) is 0 Å². The van der Waals surface area contributed by atoms with Gasteiger partial charge in [-0.05, 0) is 30.7 Å². The number of alkyl halides is 2. The number of para-hydroxylation sites is 1. The molecule has 0 saturated heterocycles. The predicted molar refractivity (Wildman–Crippen MR) is 81.3 cm³/mol. The molecule has 0 aliphatic heterocycles. The second-order valence-electron chi connectivity index (χ2n) is 4.97. The van der Waals surface area contributed by atoms with E-state index in [2.05, 4.69) is 15.3 Å². The van der Waals surface area contributed by atoms with Crippen LogP contribution in [0, 0.1) is 0 Å². The molecule has 5 nitrogen and oxygen atoms in total. The molecule has 0 bridgehead atoms. The smallest absolute Gasteiger partial charge is 0.297 e. The van der Waals surface area contributed by atoms with Crippen molar-refractivity contribution >= 4 is 16.7 Å². The van der Waals surface area contributed by atoms with Crippen molar-refractivity contribution in [3.05, 3.63) is 54.2 Å². The highest BCUT2D eigenvalue weighted by Gasteiger charge is 2.19. The minimum absolute atomic E-state index is 0.0803. The summed E-state index contributed by atoms with van der Waals surface area (Å²) < 4.78 is 31.4. The summed E-state index contributed by atoms with van der Waals surface area (Å²) >= 11 is 0. The Balaban J connectivity index is 2.03. The van der Waals surface area contributed by atoms with Gasteiger partial charge in [-0.2, -0.15) is 0 Å². The van der Waals surface area contributed by atoms with E-state index >= 15 is 0 Å². The lowest BCUT2D eigenvalue weighted by molar-refractivity contribution is 0.141. The van der Waals surface area contributed by atoms with Crippen molar-refractivity contribution in [1.29, 1.82) is 0 Å². The summed E-state index contributed by atoms with van der Waals surface area (Å²) in [4.78, 5) is 7.81. The van der Waals surface area contributed by atoms with Crippen LogP contribution < -0.4 is 5.32 Å². The topological polar surface area (TPSA) is 71.2 Å². The molecule has 2 N–H and O–H groups in total. The van der Waals surface area contributed by atoms with Crippen molar-refractivity contribution in [2.45, 2.75) is 18.9 Å². The molecule has 0 aliphatic rings. The first kappa shape index (κ1) is 15.4. The maximum Gasteiger partial charge on any atom is 0.297 e. The van der Waals surface area contributed by atoms with Gasteiger partial charge in [0.1, 0.15) is 11.6 Å². The maximum absolute atomic E-state index is 13.0. The van der Waals surface area contributed by atoms with Gasteiger partial charge in [0, 0.05) is 12.0 Å². The lowest BCUT2D eigenvalue weighted by Crippen LogP contribution is -2.14. The highest BCUT2D eigenvalue weighted by atomic mass is 19.3. The van der Waals surface area contributed by atoms with Crippen LogP contribution in [0.15, 0.2) is 47.1 Å². The Morgan fingerprint density at radius 2 is 1.96 bits per heavy atom. The third kappa shape index (κ3) is 3.29. The van der Waals surface area contributed by atoms with E-state index in [4.69, 9.17) is 4.42 Å². The zero-order valence-corrected chi connectivity index (χ0v) is 12.1. The highest BCUT2D eigenvalue weighted by molar-refractivity contribution is 5.89. The molecule has 1 aromatic carbocycles. The van der Waals surface area contributed by atoms with Crippen LogP contribution in [0.2, 0.25) is 0 Å². The molecule has 2 heterocycles. The fraction of sp³-hybridized carbons (Fsp3) is 0.250. The van der Waals surface area contributed by atoms with E-state index in [9.17, 15) is 13.9 Å². The first-order valence-corrected chi connectivity index (χ1v) is 7.14. The fourth-order valence-corrected chi connectivity index (χ4v) is 2.37. The van der Waals surface area contributed by atoms with Crippen molar-refractivity contribution in [2.75, 3.05) is 11.9 Å². The van der Waals surface area contributed by atoms with E-state index in [-0.39, 0.29) is 12.6 Å². The van der Waals surface area contributed by atoms with Gasteiger partial charge in [0.05, 0.1) is 17.8 Å². The molecule has 0 fully saturated rings. The van der Waals surface area contributed by atoms with E-state index in [1.807, 2.05) is 0 Å². The molecule has 0 amide bonds. The zero-order valence-electron chi connectivity index (χ0n) is 12.1. The lowest BCUT2D eigenvalue weighted by atomic mass is 10.1. The number of aliphatic hydroxyl groups is 1. The average molecular weight is 319 g/mol. The van der Waals surface area contributed by atoms with Crippen LogP contribution >= 0.6 is 0 Å². The van der Waals surface area contributed by atoms with E-state index in [1.165, 1.54) is 6.26 Å². The number of fused-ring (bicyclic) bond motifs is 1. The first-order chi connectivity index (χ1) is 11.2. The fourth-order valence-electron chi connectivity index (χ4n) is 2.37. The predicted octanol–water partition coefficient (Wildman–Crippen LogP) is 3.70. The third-order valence-electron chi connectivity index (χ3n) is 3.43. The van der Waals surface area contributed by atoms with Gasteiger partial charge in [-0.15, -0.1) is 0 Å². The SMILES string of the molecule is OCCC(Nc1nc(C(F)F)nc2ccccc12)c1ccco1. The Hall–Kier alpha value is -2.54. The van der Waals surface area contributed by atoms with Gasteiger partial charge in [0.25, 0.3) is 6.43 Å². The number of furan rings is 1. The van der Waals surface area contributed by atoms with Crippen LogP contribution in [-0.2, 0) is 0 Å². The standard InChI is InChI=1S/C16H15F2N3O2/c17-14(18)16-19-11-5-2-1-4-10(11)15(21-16)20-12(7-8-22)13-6-3-9-23-13/h1-6,9,12,14,22H,7-8H2,(H,19,20,21). The molecule has 2 aromatic heterocycles. The summed E-state index contributed by atoms with van der Waals surface area (Å²) in [6.07, 6.45) is -0.889. The van der Waals surface area contributed by atoms with Crippen molar-refractivity contribution in [3.8, 4) is 0 Å². The van der Waals surface area contributed by atoms with Crippen LogP contribution in [-0.4, -0.2) is 21.7 Å². The molecule has 23 heavy (non-hydrogen) atoms. The lowest BCUT2D eigenvalue weighted by Gasteiger charge is -2.18. The quantitative estimate of drug-likeness (QED) is 0.725. The second kappa shape index (κ2) is 6.70. The van der Waals surface area contributed by atoms with Crippen molar-refractivity contribution < 1.29 is 18.3 Å². The molecule has 7 heteroatoms. The van der Waals surface area contributed by atoms with Crippen molar-refractivity contribution in [3.63, 3.8) is 0 Å². The van der Waals surface area contributed by atoms with E-state index in [0.717, 1.165) is 0 Å². The molecule has 0 saturated carbocycles. The highest BCUT2D eigenvalue weighted by Crippen LogP contribution is 2.28. The summed E-state index contributed by atoms with van der Waals surface area (Å²) in [6, 6.07) is 10.0. The normalized spacial score (nSPS) is 12.7. The summed E-state index contributed by atoms with van der Waals surface area (Å²) in [5, 5.41) is 12.9. The Morgan fingerprint density at radius 1 is 1.13 bits per heavy atom. The molecule has 3 rings (SSSR count). The summed E-state index contributed by atoms with van der Waals surface area (Å²) in [5.41, 5.74) is 0.433. The van der Waals surface area contributed by atoms with Crippen LogP contribution in [0.4, 0.5) is 14.6 Å². The van der Waals surface area contributed by atoms with Gasteiger partial charge in [0.15, 0.2) is 5.82 Å². The molecule has 0 radical (unpaired) electrons. The molecule has 1 unspecified atom stereocenters. The average Bonchev–Trinajstić information content (AvgIpc) is 3.08. The molecular formula is C16H15F2N3O2. The number of aromatic nitrogens is 2. The Bertz CT molecular complexity index is 778. The minimum atomic E-state index is -2.76. The van der Waals surface area contributed by atoms with Gasteiger partial charge in [0.2, 0.25) is 0 Å². The van der Waals surface area contributed by atoms with Gasteiger partial charge < -0.3 is 14.8 Å². The van der Waals surface area contributed by atoms with Gasteiger partial charge in [-0.1, -0.05) is 12.1 Å². The van der Waals surface area contributed by atoms with E-state index in [0.29, 0.717) is 28.9 Å². The molecule has 3 aromatic rings. The number of halogens is 2. The summed E-state index contributed by atoms with van der Waals surface area (Å²) in [6.45, 7) is -0.0803. The number of anilines is 1. The first-order valence-electron chi connectivity index (χ1n) is 7.14. The largest absolute Gasteiger partial charge is 0.467 e. The number of hydrogen-bond donors (Lipinski definition) is 2. The molecule has 120 valence electrons. The zero-order chi connectivity index (χ0) is 16.2. The summed E-state index contributed by atoms with van der Waals surface area (Å²) in [5.74, 6) is 0.356. The van der Waals surface area contributed by atoms with E-state index in [1.54, 1.807) is 36.4 Å². The number of nitrogens with zero attached hydrogens (tertiary/aromatic N) is 2. The molecule has 0 spiro atoms. The number of aliphatic hydroxyl groups excluding tert-OH is 1. The monoisotopic (exact) mass is 319 g/mol. The van der Waals surface area contributed by atoms with Crippen molar-refractivity contribution in [2.24, 2.45) is 0 Å². The van der Waals surface area contributed by atoms with Gasteiger partial charge in [-0.3, -0.25) is 0 Å². The third-order valence-corrected chi connectivity index (χ3v) is 3.43. The number of rotatable bonds is 6. The second-order valence-corrected chi connectivity index (χ2v) is 4.97. The van der Waals surface area contributed by atoms with Crippen LogP contribution in [0.25, 0.3) is 10.9 Å². The Kier molecular flexibility index (Phi) is 4.47. The van der Waals surface area contributed by atoms with Gasteiger partial charge in [-0.25, -0.2) is 18.7 Å². The van der Waals surface area contributed by atoms with Crippen LogP contribution in [0.1, 0.15) is 30.5 Å². The molecule has 1 atom stereocenters. The Morgan fingerprint density at radius 3 is 2.65 bits per heavy atom. The number of nitrogens with one attached hydrogen (secondary N) is 1. The molecule has 0 aliphatic carbocycles. The number of benzene rings is 1. The maximum atomic E-state index is 13.0. The van der Waals surface area contributed by atoms with Crippen LogP contribution in [0.5, 0.6) is 0 Å².